The molecule has 3 heterocycles. The second-order valence-electron chi connectivity index (χ2n) is 10.2. The zero-order valence-electron chi connectivity index (χ0n) is 22.5. The number of nitrogens with zero attached hydrogens (tertiary/aromatic N) is 5. The van der Waals surface area contributed by atoms with E-state index in [0.29, 0.717) is 24.4 Å². The third-order valence-corrected chi connectivity index (χ3v) is 7.38. The maximum atomic E-state index is 13.2. The van der Waals surface area contributed by atoms with Gasteiger partial charge in [0.25, 0.3) is 5.56 Å². The van der Waals surface area contributed by atoms with E-state index >= 15 is 0 Å². The maximum absolute atomic E-state index is 13.2. The second-order valence-corrected chi connectivity index (χ2v) is 10.2. The van der Waals surface area contributed by atoms with Crippen LogP contribution < -0.4 is 19.8 Å². The van der Waals surface area contributed by atoms with Crippen LogP contribution in [0.1, 0.15) is 63.5 Å². The molecule has 38 heavy (non-hydrogen) atoms. The first-order chi connectivity index (χ1) is 18.3. The van der Waals surface area contributed by atoms with Crippen molar-refractivity contribution < 1.29 is 14.2 Å². The van der Waals surface area contributed by atoms with E-state index in [4.69, 9.17) is 14.2 Å². The number of benzene rings is 2. The van der Waals surface area contributed by atoms with Crippen LogP contribution in [0.2, 0.25) is 0 Å². The molecule has 0 radical (unpaired) electrons. The Morgan fingerprint density at radius 3 is 2.68 bits per heavy atom. The van der Waals surface area contributed by atoms with Crippen molar-refractivity contribution in [3.63, 3.8) is 0 Å². The van der Waals surface area contributed by atoms with E-state index in [2.05, 4.69) is 53.1 Å². The van der Waals surface area contributed by atoms with E-state index in [0.717, 1.165) is 46.6 Å². The fourth-order valence-corrected chi connectivity index (χ4v) is 4.83. The summed E-state index contributed by atoms with van der Waals surface area (Å²) < 4.78 is 18.4. The predicted octanol–water partition coefficient (Wildman–Crippen LogP) is 4.55. The Kier molecular flexibility index (Phi) is 7.07. The minimum atomic E-state index is -0.254. The van der Waals surface area contributed by atoms with Gasteiger partial charge in [0, 0.05) is 24.7 Å². The maximum Gasteiger partial charge on any atom is 0.252 e. The number of tetrazole rings is 1. The van der Waals surface area contributed by atoms with E-state index in [1.165, 1.54) is 0 Å². The number of pyridine rings is 1. The van der Waals surface area contributed by atoms with E-state index in [-0.39, 0.29) is 23.9 Å². The van der Waals surface area contributed by atoms with Crippen LogP contribution >= 0.6 is 0 Å². The van der Waals surface area contributed by atoms with Crippen LogP contribution in [0, 0.1) is 0 Å². The van der Waals surface area contributed by atoms with Crippen LogP contribution in [0.3, 0.4) is 0 Å². The Morgan fingerprint density at radius 1 is 1.11 bits per heavy atom. The van der Waals surface area contributed by atoms with Gasteiger partial charge in [-0.1, -0.05) is 19.9 Å². The lowest BCUT2D eigenvalue weighted by Crippen LogP contribution is -2.36. The molecule has 0 aliphatic carbocycles. The number of rotatable bonds is 10. The summed E-state index contributed by atoms with van der Waals surface area (Å²) in [6, 6.07) is 13.5. The fourth-order valence-electron chi connectivity index (χ4n) is 4.83. The van der Waals surface area contributed by atoms with E-state index in [9.17, 15) is 4.79 Å². The third kappa shape index (κ3) is 4.96. The molecule has 1 N–H and O–H groups in total. The summed E-state index contributed by atoms with van der Waals surface area (Å²) >= 11 is 0. The Bertz CT molecular complexity index is 1490. The van der Waals surface area contributed by atoms with E-state index in [1.807, 2.05) is 47.1 Å². The monoisotopic (exact) mass is 518 g/mol. The molecule has 10 heteroatoms. The van der Waals surface area contributed by atoms with Gasteiger partial charge in [0.2, 0.25) is 6.79 Å². The number of hydrogen-bond acceptors (Lipinski definition) is 8. The van der Waals surface area contributed by atoms with Gasteiger partial charge in [0.15, 0.2) is 17.3 Å². The first-order valence-corrected chi connectivity index (χ1v) is 12.9. The molecule has 0 fully saturated rings. The molecule has 0 saturated carbocycles. The number of aromatic nitrogens is 5. The molecule has 1 aliphatic rings. The quantitative estimate of drug-likeness (QED) is 0.326. The van der Waals surface area contributed by atoms with Crippen molar-refractivity contribution in [2.45, 2.75) is 65.2 Å². The number of aromatic amines is 1. The van der Waals surface area contributed by atoms with Crippen molar-refractivity contribution in [1.29, 1.82) is 0 Å². The lowest BCUT2D eigenvalue weighted by molar-refractivity contribution is 0.150. The molecule has 200 valence electrons. The van der Waals surface area contributed by atoms with Gasteiger partial charge >= 0.3 is 0 Å². The Labute approximate surface area is 221 Å². The molecule has 0 bridgehead atoms. The topological polar surface area (TPSA) is 107 Å². The summed E-state index contributed by atoms with van der Waals surface area (Å²) in [4.78, 5) is 18.5. The molecule has 2 aromatic heterocycles. The largest absolute Gasteiger partial charge is 0.497 e. The fraction of sp³-hybridized carbons (Fsp3) is 0.429. The van der Waals surface area contributed by atoms with E-state index < -0.39 is 0 Å². The van der Waals surface area contributed by atoms with Gasteiger partial charge in [-0.2, -0.15) is 0 Å². The minimum absolute atomic E-state index is 0.132. The first kappa shape index (κ1) is 25.7. The molecular formula is C28H34N6O4. The zero-order valence-corrected chi connectivity index (χ0v) is 22.5. The Morgan fingerprint density at radius 2 is 1.92 bits per heavy atom. The average molecular weight is 519 g/mol. The summed E-state index contributed by atoms with van der Waals surface area (Å²) in [6.07, 6.45) is 1.63. The van der Waals surface area contributed by atoms with E-state index in [1.54, 1.807) is 7.11 Å². The molecular weight excluding hydrogens is 484 g/mol. The second kappa shape index (κ2) is 10.4. The van der Waals surface area contributed by atoms with Gasteiger partial charge in [-0.25, -0.2) is 4.68 Å². The highest BCUT2D eigenvalue weighted by Gasteiger charge is 2.31. The lowest BCUT2D eigenvalue weighted by Gasteiger charge is -2.33. The van der Waals surface area contributed by atoms with Gasteiger partial charge in [-0.15, -0.1) is 5.10 Å². The van der Waals surface area contributed by atoms with Crippen LogP contribution in [0.15, 0.2) is 47.3 Å². The van der Waals surface area contributed by atoms with Gasteiger partial charge in [-0.05, 0) is 78.4 Å². The van der Waals surface area contributed by atoms with Gasteiger partial charge < -0.3 is 19.2 Å². The van der Waals surface area contributed by atoms with Gasteiger partial charge in [-0.3, -0.25) is 9.69 Å². The van der Waals surface area contributed by atoms with Crippen molar-refractivity contribution in [1.82, 2.24) is 30.1 Å². The van der Waals surface area contributed by atoms with Crippen molar-refractivity contribution in [2.75, 3.05) is 13.9 Å². The SMILES string of the molecule is CC[C@@H](c1nnnn1C(C)(C)CC)N(Cc1ccc2c(c1)OCO2)Cc1cc2ccc(OC)cc2[nH]c1=O. The van der Waals surface area contributed by atoms with Crippen LogP contribution in [-0.4, -0.2) is 44.0 Å². The molecule has 0 spiro atoms. The highest BCUT2D eigenvalue weighted by molar-refractivity contribution is 5.80. The third-order valence-electron chi connectivity index (χ3n) is 7.38. The molecule has 1 atom stereocenters. The molecule has 1 aliphatic heterocycles. The molecule has 4 aromatic rings. The number of H-pyrrole nitrogens is 1. The Hall–Kier alpha value is -3.92. The van der Waals surface area contributed by atoms with Crippen molar-refractivity contribution in [2.24, 2.45) is 0 Å². The average Bonchev–Trinajstić information content (AvgIpc) is 3.59. The van der Waals surface area contributed by atoms with Crippen molar-refractivity contribution in [3.05, 3.63) is 69.8 Å². The summed E-state index contributed by atoms with van der Waals surface area (Å²) in [5.41, 5.74) is 2.06. The summed E-state index contributed by atoms with van der Waals surface area (Å²) in [7, 11) is 1.61. The highest BCUT2D eigenvalue weighted by atomic mass is 16.7. The van der Waals surface area contributed by atoms with Crippen LogP contribution in [0.25, 0.3) is 10.9 Å². The lowest BCUT2D eigenvalue weighted by atomic mass is 10.0. The molecule has 0 amide bonds. The number of hydrogen-bond donors (Lipinski definition) is 1. The molecule has 5 rings (SSSR count). The van der Waals surface area contributed by atoms with Gasteiger partial charge in [0.05, 0.1) is 24.2 Å². The number of ether oxygens (including phenoxy) is 3. The minimum Gasteiger partial charge on any atom is -0.497 e. The number of methoxy groups -OCH3 is 1. The number of fused-ring (bicyclic) bond motifs is 2. The summed E-state index contributed by atoms with van der Waals surface area (Å²) in [5.74, 6) is 2.94. The Balaban J connectivity index is 1.55. The highest BCUT2D eigenvalue weighted by Crippen LogP contribution is 2.35. The normalized spacial score (nSPS) is 13.8. The first-order valence-electron chi connectivity index (χ1n) is 12.9. The smallest absolute Gasteiger partial charge is 0.252 e. The molecule has 10 nitrogen and oxygen atoms in total. The van der Waals surface area contributed by atoms with Crippen LogP contribution in [0.4, 0.5) is 0 Å². The summed E-state index contributed by atoms with van der Waals surface area (Å²) in [6.45, 7) is 9.69. The van der Waals surface area contributed by atoms with Crippen molar-refractivity contribution >= 4 is 10.9 Å². The molecule has 0 unspecified atom stereocenters. The predicted molar refractivity (Wildman–Crippen MR) is 143 cm³/mol. The van der Waals surface area contributed by atoms with Gasteiger partial charge in [0.1, 0.15) is 5.75 Å². The summed E-state index contributed by atoms with van der Waals surface area (Å²) in [5, 5.41) is 13.8. The molecule has 2 aromatic carbocycles. The van der Waals surface area contributed by atoms with Crippen LogP contribution in [0.5, 0.6) is 17.2 Å². The molecule has 0 saturated heterocycles. The number of nitrogens with one attached hydrogen (secondary N) is 1. The standard InChI is InChI=1S/C28H34N6O4/c1-6-23(26-30-31-32-34(26)28(3,4)7-2)33(15-18-8-11-24-25(12-18)38-17-37-24)16-20-13-19-9-10-21(36-5)14-22(19)29-27(20)35/h8-14,23H,6-7,15-17H2,1-5H3,(H,29,35)/t23-/m0/s1. The van der Waals surface area contributed by atoms with Crippen molar-refractivity contribution in [3.8, 4) is 17.2 Å². The van der Waals surface area contributed by atoms with Crippen LogP contribution in [-0.2, 0) is 18.6 Å². The zero-order chi connectivity index (χ0) is 26.9.